The molecular weight excluding hydrogens is 298 g/mol. The first-order valence-corrected chi connectivity index (χ1v) is 9.05. The van der Waals surface area contributed by atoms with Crippen molar-refractivity contribution < 1.29 is 4.79 Å². The third-order valence-corrected chi connectivity index (χ3v) is 5.20. The summed E-state index contributed by atoms with van der Waals surface area (Å²) in [4.78, 5) is 12.3. The van der Waals surface area contributed by atoms with Crippen molar-refractivity contribution in [1.82, 2.24) is 15.1 Å². The van der Waals surface area contributed by atoms with Crippen molar-refractivity contribution in [2.45, 2.75) is 57.9 Å². The summed E-state index contributed by atoms with van der Waals surface area (Å²) >= 11 is 0. The van der Waals surface area contributed by atoms with Gasteiger partial charge >= 0.3 is 0 Å². The second-order valence-corrected chi connectivity index (χ2v) is 7.32. The maximum atomic E-state index is 12.3. The van der Waals surface area contributed by atoms with Gasteiger partial charge < -0.3 is 5.32 Å². The van der Waals surface area contributed by atoms with E-state index >= 15 is 0 Å². The first-order valence-electron chi connectivity index (χ1n) is 9.05. The van der Waals surface area contributed by atoms with Crippen molar-refractivity contribution in [2.24, 2.45) is 0 Å². The fraction of sp³-hybridized carbons (Fsp3) is 0.500. The van der Waals surface area contributed by atoms with E-state index in [0.29, 0.717) is 18.4 Å². The van der Waals surface area contributed by atoms with Gasteiger partial charge in [-0.3, -0.25) is 9.48 Å². The van der Waals surface area contributed by atoms with E-state index in [1.54, 1.807) is 0 Å². The summed E-state index contributed by atoms with van der Waals surface area (Å²) in [5, 5.41) is 7.83. The third kappa shape index (κ3) is 3.23. The fourth-order valence-electron chi connectivity index (χ4n) is 3.18. The van der Waals surface area contributed by atoms with Crippen LogP contribution in [0.1, 0.15) is 70.4 Å². The molecule has 126 valence electrons. The molecule has 0 unspecified atom stereocenters. The van der Waals surface area contributed by atoms with Crippen LogP contribution in [0.3, 0.4) is 0 Å². The van der Waals surface area contributed by atoms with Gasteiger partial charge in [0.1, 0.15) is 0 Å². The van der Waals surface area contributed by atoms with Crippen molar-refractivity contribution in [3.8, 4) is 0 Å². The summed E-state index contributed by atoms with van der Waals surface area (Å²) in [6, 6.07) is 8.16. The highest BCUT2D eigenvalue weighted by molar-refractivity contribution is 5.94. The molecule has 0 atom stereocenters. The highest BCUT2D eigenvalue weighted by atomic mass is 16.1. The minimum Gasteiger partial charge on any atom is -0.350 e. The lowest BCUT2D eigenvalue weighted by molar-refractivity contribution is 0.0951. The van der Waals surface area contributed by atoms with Gasteiger partial charge in [-0.2, -0.15) is 5.10 Å². The van der Waals surface area contributed by atoms with Gasteiger partial charge in [-0.1, -0.05) is 6.07 Å². The van der Waals surface area contributed by atoms with Crippen LogP contribution in [0, 0.1) is 13.8 Å². The predicted octanol–water partition coefficient (Wildman–Crippen LogP) is 3.68. The molecule has 4 heteroatoms. The number of aryl methyl sites for hydroxylation is 2. The molecule has 0 spiro atoms. The monoisotopic (exact) mass is 323 g/mol. The first kappa shape index (κ1) is 15.4. The van der Waals surface area contributed by atoms with Crippen LogP contribution in [-0.4, -0.2) is 22.2 Å². The van der Waals surface area contributed by atoms with Crippen LogP contribution in [0.2, 0.25) is 0 Å². The van der Waals surface area contributed by atoms with Gasteiger partial charge in [0.15, 0.2) is 0 Å². The van der Waals surface area contributed by atoms with Gasteiger partial charge in [0, 0.05) is 29.6 Å². The van der Waals surface area contributed by atoms with Gasteiger partial charge in [0.2, 0.25) is 0 Å². The number of nitrogens with zero attached hydrogens (tertiary/aromatic N) is 2. The van der Waals surface area contributed by atoms with E-state index in [0.717, 1.165) is 17.7 Å². The quantitative estimate of drug-likeness (QED) is 0.881. The van der Waals surface area contributed by atoms with E-state index in [-0.39, 0.29) is 5.91 Å². The topological polar surface area (TPSA) is 46.9 Å². The van der Waals surface area contributed by atoms with Crippen LogP contribution >= 0.6 is 0 Å². The number of rotatable bonds is 6. The minimum absolute atomic E-state index is 0.000597. The van der Waals surface area contributed by atoms with Crippen molar-refractivity contribution in [3.05, 3.63) is 52.3 Å². The van der Waals surface area contributed by atoms with Gasteiger partial charge in [0.05, 0.1) is 12.2 Å². The number of hydrogen-bond acceptors (Lipinski definition) is 2. The SMILES string of the molecule is Cc1ccc(C(=O)NCCn2nc(C3CC3)cc2C2CC2)cc1C. The Morgan fingerprint density at radius 1 is 1.12 bits per heavy atom. The second kappa shape index (κ2) is 6.08. The van der Waals surface area contributed by atoms with E-state index in [9.17, 15) is 4.79 Å². The molecule has 1 heterocycles. The molecule has 24 heavy (non-hydrogen) atoms. The highest BCUT2D eigenvalue weighted by Crippen LogP contribution is 2.44. The van der Waals surface area contributed by atoms with Crippen LogP contribution in [-0.2, 0) is 6.54 Å². The number of amides is 1. The molecule has 4 rings (SSSR count). The Hall–Kier alpha value is -2.10. The zero-order valence-corrected chi connectivity index (χ0v) is 14.5. The van der Waals surface area contributed by atoms with Gasteiger partial charge in [-0.25, -0.2) is 0 Å². The number of aromatic nitrogens is 2. The van der Waals surface area contributed by atoms with Gasteiger partial charge in [-0.05, 0) is 68.9 Å². The van der Waals surface area contributed by atoms with Crippen LogP contribution in [0.25, 0.3) is 0 Å². The molecule has 1 amide bonds. The Balaban J connectivity index is 1.38. The first-order chi connectivity index (χ1) is 11.6. The number of benzene rings is 1. The molecule has 2 aliphatic rings. The van der Waals surface area contributed by atoms with Crippen LogP contribution in [0.5, 0.6) is 0 Å². The van der Waals surface area contributed by atoms with Crippen molar-refractivity contribution >= 4 is 5.91 Å². The molecule has 0 bridgehead atoms. The lowest BCUT2D eigenvalue weighted by atomic mass is 10.1. The molecule has 1 N–H and O–H groups in total. The Morgan fingerprint density at radius 2 is 1.88 bits per heavy atom. The van der Waals surface area contributed by atoms with Crippen LogP contribution in [0.15, 0.2) is 24.3 Å². The second-order valence-electron chi connectivity index (χ2n) is 7.32. The summed E-state index contributed by atoms with van der Waals surface area (Å²) in [5.41, 5.74) is 5.74. The van der Waals surface area contributed by atoms with E-state index < -0.39 is 0 Å². The van der Waals surface area contributed by atoms with E-state index in [4.69, 9.17) is 5.10 Å². The minimum atomic E-state index is 0.000597. The Kier molecular flexibility index (Phi) is 3.91. The normalized spacial score (nSPS) is 17.1. The molecular formula is C20H25N3O. The largest absolute Gasteiger partial charge is 0.350 e. The van der Waals surface area contributed by atoms with Crippen molar-refractivity contribution in [2.75, 3.05) is 6.54 Å². The van der Waals surface area contributed by atoms with Gasteiger partial charge in [0.25, 0.3) is 5.91 Å². The maximum absolute atomic E-state index is 12.3. The average Bonchev–Trinajstić information content (AvgIpc) is 3.48. The Morgan fingerprint density at radius 3 is 2.54 bits per heavy atom. The molecule has 4 nitrogen and oxygen atoms in total. The smallest absolute Gasteiger partial charge is 0.251 e. The van der Waals surface area contributed by atoms with E-state index in [2.05, 4.69) is 23.0 Å². The van der Waals surface area contributed by atoms with Crippen LogP contribution in [0.4, 0.5) is 0 Å². The maximum Gasteiger partial charge on any atom is 0.251 e. The molecule has 0 saturated heterocycles. The molecule has 2 fully saturated rings. The molecule has 2 aromatic rings. The summed E-state index contributed by atoms with van der Waals surface area (Å²) in [6.45, 7) is 5.48. The summed E-state index contributed by atoms with van der Waals surface area (Å²) in [5.74, 6) is 1.38. The zero-order valence-electron chi connectivity index (χ0n) is 14.5. The number of nitrogens with one attached hydrogen (secondary N) is 1. The zero-order chi connectivity index (χ0) is 16.7. The lowest BCUT2D eigenvalue weighted by Crippen LogP contribution is -2.28. The fourth-order valence-corrected chi connectivity index (χ4v) is 3.18. The molecule has 2 saturated carbocycles. The van der Waals surface area contributed by atoms with Crippen LogP contribution < -0.4 is 5.32 Å². The third-order valence-electron chi connectivity index (χ3n) is 5.20. The molecule has 1 aromatic carbocycles. The van der Waals surface area contributed by atoms with Gasteiger partial charge in [-0.15, -0.1) is 0 Å². The number of carbonyl (C=O) groups excluding carboxylic acids is 1. The summed E-state index contributed by atoms with van der Waals surface area (Å²) in [7, 11) is 0. The van der Waals surface area contributed by atoms with Crippen molar-refractivity contribution in [1.29, 1.82) is 0 Å². The molecule has 0 radical (unpaired) electrons. The summed E-state index contributed by atoms with van der Waals surface area (Å²) in [6.07, 6.45) is 5.13. The van der Waals surface area contributed by atoms with Crippen molar-refractivity contribution in [3.63, 3.8) is 0 Å². The van der Waals surface area contributed by atoms with E-state index in [1.165, 1.54) is 42.6 Å². The lowest BCUT2D eigenvalue weighted by Gasteiger charge is -2.09. The predicted molar refractivity (Wildman–Crippen MR) is 94.4 cm³/mol. The number of carbonyl (C=O) groups is 1. The molecule has 0 aliphatic heterocycles. The Bertz CT molecular complexity index is 769. The number of hydrogen-bond donors (Lipinski definition) is 1. The molecule has 2 aliphatic carbocycles. The average molecular weight is 323 g/mol. The Labute approximate surface area is 143 Å². The van der Waals surface area contributed by atoms with E-state index in [1.807, 2.05) is 25.1 Å². The standard InChI is InChI=1S/C20H25N3O/c1-13-3-4-17(11-14(13)2)20(24)21-9-10-23-19(16-7-8-16)12-18(22-23)15-5-6-15/h3-4,11-12,15-16H,5-10H2,1-2H3,(H,21,24). The summed E-state index contributed by atoms with van der Waals surface area (Å²) < 4.78 is 2.13. The molecule has 1 aromatic heterocycles. The highest BCUT2D eigenvalue weighted by Gasteiger charge is 2.32.